The predicted molar refractivity (Wildman–Crippen MR) is 130 cm³/mol. The van der Waals surface area contributed by atoms with Gasteiger partial charge in [0.25, 0.3) is 0 Å². The lowest BCUT2D eigenvalue weighted by molar-refractivity contribution is 0.305. The fourth-order valence-electron chi connectivity index (χ4n) is 4.16. The molecule has 0 saturated heterocycles. The lowest BCUT2D eigenvalue weighted by Gasteiger charge is -2.23. The van der Waals surface area contributed by atoms with E-state index in [0.717, 1.165) is 48.7 Å². The molecule has 0 aliphatic heterocycles. The van der Waals surface area contributed by atoms with Crippen LogP contribution in [-0.4, -0.2) is 6.61 Å². The molecule has 2 aromatic rings. The number of ether oxygens (including phenoxy) is 2. The van der Waals surface area contributed by atoms with Crippen molar-refractivity contribution < 1.29 is 9.47 Å². The Morgan fingerprint density at radius 2 is 1.32 bits per heavy atom. The highest BCUT2D eigenvalue weighted by Crippen LogP contribution is 2.37. The Kier molecular flexibility index (Phi) is 7.51. The van der Waals surface area contributed by atoms with E-state index >= 15 is 0 Å². The van der Waals surface area contributed by atoms with Crippen molar-refractivity contribution in [2.75, 3.05) is 6.61 Å². The zero-order valence-electron chi connectivity index (χ0n) is 19.2. The minimum absolute atomic E-state index is 0.797. The highest BCUT2D eigenvalue weighted by molar-refractivity contribution is 5.70. The van der Waals surface area contributed by atoms with Gasteiger partial charge in [-0.3, -0.25) is 0 Å². The third-order valence-electron chi connectivity index (χ3n) is 6.66. The molecule has 31 heavy (non-hydrogen) atoms. The molecule has 2 aliphatic rings. The van der Waals surface area contributed by atoms with Crippen molar-refractivity contribution in [3.8, 4) is 11.5 Å². The Morgan fingerprint density at radius 3 is 1.90 bits per heavy atom. The molecule has 2 heteroatoms. The Morgan fingerprint density at radius 1 is 0.710 bits per heavy atom. The van der Waals surface area contributed by atoms with Crippen LogP contribution in [-0.2, 0) is 0 Å². The first-order chi connectivity index (χ1) is 15.2. The lowest BCUT2D eigenvalue weighted by Crippen LogP contribution is -2.07. The van der Waals surface area contributed by atoms with Crippen molar-refractivity contribution in [2.24, 2.45) is 0 Å². The smallest absolute Gasteiger partial charge is 0.133 e. The van der Waals surface area contributed by atoms with Crippen molar-refractivity contribution in [2.45, 2.75) is 78.1 Å². The minimum Gasteiger partial charge on any atom is -0.494 e. The van der Waals surface area contributed by atoms with E-state index in [1.54, 1.807) is 5.57 Å². The van der Waals surface area contributed by atoms with Gasteiger partial charge in [0.1, 0.15) is 17.3 Å². The van der Waals surface area contributed by atoms with Gasteiger partial charge in [0.15, 0.2) is 0 Å². The summed E-state index contributed by atoms with van der Waals surface area (Å²) >= 11 is 0. The number of hydrogen-bond donors (Lipinski definition) is 0. The summed E-state index contributed by atoms with van der Waals surface area (Å²) in [6.45, 7) is 5.28. The minimum atomic E-state index is 0.797. The summed E-state index contributed by atoms with van der Waals surface area (Å²) in [5.74, 6) is 2.89. The van der Waals surface area contributed by atoms with Crippen LogP contribution < -0.4 is 9.47 Å². The molecule has 2 nitrogen and oxygen atoms in total. The average Bonchev–Trinajstić information content (AvgIpc) is 2.71. The first-order valence-electron chi connectivity index (χ1n) is 12.2. The van der Waals surface area contributed by atoms with E-state index in [1.807, 2.05) is 0 Å². The van der Waals surface area contributed by atoms with Crippen molar-refractivity contribution >= 4 is 11.3 Å². The summed E-state index contributed by atoms with van der Waals surface area (Å²) in [5.41, 5.74) is 6.94. The van der Waals surface area contributed by atoms with Gasteiger partial charge in [-0.1, -0.05) is 43.9 Å². The van der Waals surface area contributed by atoms with Crippen molar-refractivity contribution in [3.05, 3.63) is 70.8 Å². The monoisotopic (exact) mass is 416 g/mol. The highest BCUT2D eigenvalue weighted by Gasteiger charge is 2.19. The molecule has 0 bridgehead atoms. The molecule has 2 saturated carbocycles. The molecule has 4 rings (SSSR count). The maximum atomic E-state index is 6.43. The number of rotatable bonds is 10. The Bertz CT molecular complexity index is 904. The summed E-state index contributed by atoms with van der Waals surface area (Å²) in [6.07, 6.45) is 12.3. The largest absolute Gasteiger partial charge is 0.494 e. The zero-order chi connectivity index (χ0) is 21.5. The van der Waals surface area contributed by atoms with Crippen LogP contribution >= 0.6 is 0 Å². The van der Waals surface area contributed by atoms with Gasteiger partial charge in [-0.2, -0.15) is 0 Å². The summed E-state index contributed by atoms with van der Waals surface area (Å²) in [7, 11) is 0. The molecule has 0 unspecified atom stereocenters. The van der Waals surface area contributed by atoms with Crippen LogP contribution in [0.5, 0.6) is 11.5 Å². The molecular formula is C29H36O2. The van der Waals surface area contributed by atoms with Gasteiger partial charge >= 0.3 is 0 Å². The molecule has 0 radical (unpaired) electrons. The number of hydrogen-bond acceptors (Lipinski definition) is 2. The van der Waals surface area contributed by atoms with Gasteiger partial charge in [0.2, 0.25) is 0 Å². The number of allylic oxidation sites excluding steroid dienone is 3. The highest BCUT2D eigenvalue weighted by atomic mass is 16.5. The van der Waals surface area contributed by atoms with Crippen molar-refractivity contribution in [1.82, 2.24) is 0 Å². The molecule has 0 N–H and O–H groups in total. The fraction of sp³-hybridized carbons (Fsp3) is 0.448. The van der Waals surface area contributed by atoms with E-state index in [0.29, 0.717) is 0 Å². The van der Waals surface area contributed by atoms with Crippen LogP contribution in [0.3, 0.4) is 0 Å². The third kappa shape index (κ3) is 5.61. The molecule has 0 atom stereocenters. The van der Waals surface area contributed by atoms with Crippen LogP contribution in [0, 0.1) is 0 Å². The van der Waals surface area contributed by atoms with Crippen LogP contribution in [0.4, 0.5) is 0 Å². The van der Waals surface area contributed by atoms with Crippen molar-refractivity contribution in [3.63, 3.8) is 0 Å². The average molecular weight is 417 g/mol. The molecule has 2 fully saturated rings. The molecule has 0 heterocycles. The van der Waals surface area contributed by atoms with Gasteiger partial charge < -0.3 is 9.47 Å². The van der Waals surface area contributed by atoms with Crippen LogP contribution in [0.15, 0.2) is 59.7 Å². The van der Waals surface area contributed by atoms with Gasteiger partial charge in [0.05, 0.1) is 6.61 Å². The van der Waals surface area contributed by atoms with Gasteiger partial charge in [0, 0.05) is 5.56 Å². The van der Waals surface area contributed by atoms with E-state index < -0.39 is 0 Å². The quantitative estimate of drug-likeness (QED) is 0.285. The molecule has 0 aromatic heterocycles. The van der Waals surface area contributed by atoms with Gasteiger partial charge in [-0.05, 0) is 105 Å². The SMILES string of the molecule is CCCCCCOc1ccc(C(Oc2ccc(C(C)=C3CCC3)cc2)=C2CCC2)cc1. The second-order valence-electron chi connectivity index (χ2n) is 8.93. The standard InChI is InChI=1S/C29H36O2/c1-3-4-5-6-21-30-27-17-15-26(16-18-27)29(25-11-8-12-25)31-28-19-13-24(14-20-28)22(2)23-9-7-10-23/h13-20H,3-12,21H2,1-2H3. The molecule has 164 valence electrons. The van der Waals surface area contributed by atoms with E-state index in [9.17, 15) is 0 Å². The van der Waals surface area contributed by atoms with Gasteiger partial charge in [-0.15, -0.1) is 0 Å². The third-order valence-corrected chi connectivity index (χ3v) is 6.66. The topological polar surface area (TPSA) is 18.5 Å². The second-order valence-corrected chi connectivity index (χ2v) is 8.93. The first-order valence-corrected chi connectivity index (χ1v) is 12.2. The summed E-state index contributed by atoms with van der Waals surface area (Å²) < 4.78 is 12.3. The van der Waals surface area contributed by atoms with Crippen LogP contribution in [0.2, 0.25) is 0 Å². The maximum absolute atomic E-state index is 6.43. The fourth-order valence-corrected chi connectivity index (χ4v) is 4.16. The van der Waals surface area contributed by atoms with Gasteiger partial charge in [-0.25, -0.2) is 0 Å². The Balaban J connectivity index is 1.41. The Hall–Kier alpha value is -2.48. The Labute approximate surface area is 188 Å². The molecule has 2 aromatic carbocycles. The molecular weight excluding hydrogens is 380 g/mol. The number of unbranched alkanes of at least 4 members (excludes halogenated alkanes) is 3. The first kappa shape index (κ1) is 21.7. The summed E-state index contributed by atoms with van der Waals surface area (Å²) in [5, 5.41) is 0. The lowest BCUT2D eigenvalue weighted by atomic mass is 9.86. The van der Waals surface area contributed by atoms with E-state index in [4.69, 9.17) is 9.47 Å². The predicted octanol–water partition coefficient (Wildman–Crippen LogP) is 8.58. The normalized spacial score (nSPS) is 15.2. The maximum Gasteiger partial charge on any atom is 0.133 e. The van der Waals surface area contributed by atoms with E-state index in [2.05, 4.69) is 62.4 Å². The van der Waals surface area contributed by atoms with Crippen molar-refractivity contribution in [1.29, 1.82) is 0 Å². The summed E-state index contributed by atoms with van der Waals surface area (Å²) in [4.78, 5) is 0. The molecule has 0 amide bonds. The summed E-state index contributed by atoms with van der Waals surface area (Å²) in [6, 6.07) is 17.1. The second kappa shape index (κ2) is 10.7. The van der Waals surface area contributed by atoms with Crippen LogP contribution in [0.25, 0.3) is 11.3 Å². The van der Waals surface area contributed by atoms with E-state index in [1.165, 1.54) is 61.7 Å². The van der Waals surface area contributed by atoms with Crippen LogP contribution in [0.1, 0.15) is 89.2 Å². The molecule has 0 spiro atoms. The number of benzene rings is 2. The molecule has 2 aliphatic carbocycles. The van der Waals surface area contributed by atoms with E-state index in [-0.39, 0.29) is 0 Å². The zero-order valence-corrected chi connectivity index (χ0v) is 19.2.